The van der Waals surface area contributed by atoms with Crippen molar-refractivity contribution in [2.75, 3.05) is 7.11 Å². The molecule has 0 aliphatic carbocycles. The number of esters is 1. The van der Waals surface area contributed by atoms with Crippen LogP contribution in [0.3, 0.4) is 0 Å². The summed E-state index contributed by atoms with van der Waals surface area (Å²) in [6, 6.07) is 1.70. The minimum atomic E-state index is -0.819. The summed E-state index contributed by atoms with van der Waals surface area (Å²) in [6.07, 6.45) is 1.72. The molecule has 15 heavy (non-hydrogen) atoms. The van der Waals surface area contributed by atoms with Gasteiger partial charge in [-0.1, -0.05) is 0 Å². The van der Waals surface area contributed by atoms with Crippen LogP contribution >= 0.6 is 0 Å². The Morgan fingerprint density at radius 1 is 1.67 bits per heavy atom. The fourth-order valence-electron chi connectivity index (χ4n) is 1.24. The van der Waals surface area contributed by atoms with E-state index >= 15 is 0 Å². The second-order valence-electron chi connectivity index (χ2n) is 3.66. The van der Waals surface area contributed by atoms with Crippen molar-refractivity contribution in [3.05, 3.63) is 23.8 Å². The molecule has 0 fully saturated rings. The molecule has 1 atom stereocenters. The lowest BCUT2D eigenvalue weighted by molar-refractivity contribution is -0.142. The third-order valence-corrected chi connectivity index (χ3v) is 2.10. The number of aryl methyl sites for hydroxylation is 1. The molecule has 0 aliphatic rings. The van der Waals surface area contributed by atoms with Crippen molar-refractivity contribution in [1.29, 1.82) is 0 Å². The maximum Gasteiger partial charge on any atom is 0.307 e. The molecule has 0 spiro atoms. The minimum Gasteiger partial charge on any atom is -0.469 e. The van der Waals surface area contributed by atoms with Gasteiger partial charge in [-0.05, 0) is 19.9 Å². The molecule has 82 valence electrons. The van der Waals surface area contributed by atoms with Crippen LogP contribution in [-0.2, 0) is 15.1 Å². The topological polar surface area (TPSA) is 78.1 Å². The van der Waals surface area contributed by atoms with E-state index in [0.717, 1.165) is 0 Å². The number of ether oxygens (including phenoxy) is 1. The molecule has 5 heteroatoms. The monoisotopic (exact) mass is 209 g/mol. The van der Waals surface area contributed by atoms with Crippen LogP contribution in [0.25, 0.3) is 0 Å². The van der Waals surface area contributed by atoms with Gasteiger partial charge in [0.05, 0.1) is 24.8 Å². The quantitative estimate of drug-likeness (QED) is 0.734. The Bertz CT molecular complexity index is 363. The van der Waals surface area contributed by atoms with Crippen molar-refractivity contribution in [3.63, 3.8) is 0 Å². The number of aromatic nitrogens is 2. The van der Waals surface area contributed by atoms with Gasteiger partial charge in [0.2, 0.25) is 0 Å². The number of nitrogens with two attached hydrogens (primary N) is 1. The van der Waals surface area contributed by atoms with Crippen LogP contribution in [0, 0.1) is 6.92 Å². The molecule has 0 amide bonds. The third kappa shape index (κ3) is 2.99. The Balaban J connectivity index is 2.90. The standard InChI is InChI=1S/C10H15N3O2/c1-7-12-5-4-8(13-7)10(2,11)6-9(14)15-3/h4-5H,6,11H2,1-3H3/t10-/m0/s1. The van der Waals surface area contributed by atoms with E-state index in [0.29, 0.717) is 11.5 Å². The van der Waals surface area contributed by atoms with E-state index in [4.69, 9.17) is 5.73 Å². The summed E-state index contributed by atoms with van der Waals surface area (Å²) < 4.78 is 4.58. The smallest absolute Gasteiger partial charge is 0.307 e. The van der Waals surface area contributed by atoms with E-state index < -0.39 is 5.54 Å². The summed E-state index contributed by atoms with van der Waals surface area (Å²) in [6.45, 7) is 3.52. The van der Waals surface area contributed by atoms with E-state index in [1.165, 1.54) is 7.11 Å². The average molecular weight is 209 g/mol. The van der Waals surface area contributed by atoms with Crippen LogP contribution in [0.2, 0.25) is 0 Å². The summed E-state index contributed by atoms with van der Waals surface area (Å²) >= 11 is 0. The largest absolute Gasteiger partial charge is 0.469 e. The molecule has 0 saturated heterocycles. The first-order valence-electron chi connectivity index (χ1n) is 4.61. The van der Waals surface area contributed by atoms with Gasteiger partial charge in [0.15, 0.2) is 0 Å². The number of hydrogen-bond acceptors (Lipinski definition) is 5. The maximum atomic E-state index is 11.1. The molecule has 1 rings (SSSR count). The van der Waals surface area contributed by atoms with E-state index in [2.05, 4.69) is 14.7 Å². The maximum absolute atomic E-state index is 11.1. The number of hydrogen-bond donors (Lipinski definition) is 1. The van der Waals surface area contributed by atoms with Crippen molar-refractivity contribution in [2.24, 2.45) is 5.73 Å². The molecular weight excluding hydrogens is 194 g/mol. The Morgan fingerprint density at radius 2 is 2.33 bits per heavy atom. The summed E-state index contributed by atoms with van der Waals surface area (Å²) in [5.74, 6) is 0.283. The number of carbonyl (C=O) groups excluding carboxylic acids is 1. The second-order valence-corrected chi connectivity index (χ2v) is 3.66. The number of nitrogens with zero attached hydrogens (tertiary/aromatic N) is 2. The molecule has 0 bridgehead atoms. The van der Waals surface area contributed by atoms with Crippen molar-refractivity contribution in [2.45, 2.75) is 25.8 Å². The molecular formula is C10H15N3O2. The molecule has 0 radical (unpaired) electrons. The molecule has 1 heterocycles. The van der Waals surface area contributed by atoms with Gasteiger partial charge >= 0.3 is 5.97 Å². The predicted molar refractivity (Wildman–Crippen MR) is 54.9 cm³/mol. The van der Waals surface area contributed by atoms with Gasteiger partial charge < -0.3 is 10.5 Å². The minimum absolute atomic E-state index is 0.0972. The fraction of sp³-hybridized carbons (Fsp3) is 0.500. The summed E-state index contributed by atoms with van der Waals surface area (Å²) in [5, 5.41) is 0. The highest BCUT2D eigenvalue weighted by atomic mass is 16.5. The third-order valence-electron chi connectivity index (χ3n) is 2.10. The Kier molecular flexibility index (Phi) is 3.36. The molecule has 0 unspecified atom stereocenters. The number of methoxy groups -OCH3 is 1. The highest BCUT2D eigenvalue weighted by Gasteiger charge is 2.27. The summed E-state index contributed by atoms with van der Waals surface area (Å²) in [5.41, 5.74) is 5.81. The first-order valence-corrected chi connectivity index (χ1v) is 4.61. The zero-order valence-corrected chi connectivity index (χ0v) is 9.15. The normalized spacial score (nSPS) is 14.4. The summed E-state index contributed by atoms with van der Waals surface area (Å²) in [7, 11) is 1.34. The van der Waals surface area contributed by atoms with Crippen molar-refractivity contribution in [1.82, 2.24) is 9.97 Å². The predicted octanol–water partition coefficient (Wildman–Crippen LogP) is 0.522. The SMILES string of the molecule is COC(=O)C[C@](C)(N)c1ccnc(C)n1. The Hall–Kier alpha value is -1.49. The van der Waals surface area contributed by atoms with Crippen LogP contribution in [0.15, 0.2) is 12.3 Å². The zero-order valence-electron chi connectivity index (χ0n) is 9.15. The summed E-state index contributed by atoms with van der Waals surface area (Å²) in [4.78, 5) is 19.3. The molecule has 0 aliphatic heterocycles. The number of carbonyl (C=O) groups is 1. The van der Waals surface area contributed by atoms with Gasteiger partial charge in [0, 0.05) is 6.20 Å². The first kappa shape index (κ1) is 11.6. The average Bonchev–Trinajstić information content (AvgIpc) is 2.17. The van der Waals surface area contributed by atoms with E-state index in [1.54, 1.807) is 26.1 Å². The number of rotatable bonds is 3. The molecule has 0 aromatic carbocycles. The second kappa shape index (κ2) is 4.35. The zero-order chi connectivity index (χ0) is 11.5. The van der Waals surface area contributed by atoms with Crippen molar-refractivity contribution < 1.29 is 9.53 Å². The lowest BCUT2D eigenvalue weighted by atomic mass is 9.95. The van der Waals surface area contributed by atoms with Crippen molar-refractivity contribution in [3.8, 4) is 0 Å². The molecule has 0 saturated carbocycles. The Morgan fingerprint density at radius 3 is 2.87 bits per heavy atom. The van der Waals surface area contributed by atoms with E-state index in [1.807, 2.05) is 0 Å². The Labute approximate surface area is 88.7 Å². The van der Waals surface area contributed by atoms with Gasteiger partial charge in [-0.3, -0.25) is 4.79 Å². The van der Waals surface area contributed by atoms with Crippen LogP contribution < -0.4 is 5.73 Å². The highest BCUT2D eigenvalue weighted by molar-refractivity contribution is 5.70. The van der Waals surface area contributed by atoms with Gasteiger partial charge in [0.1, 0.15) is 5.82 Å². The van der Waals surface area contributed by atoms with Crippen LogP contribution in [0.1, 0.15) is 24.9 Å². The van der Waals surface area contributed by atoms with Gasteiger partial charge in [-0.15, -0.1) is 0 Å². The van der Waals surface area contributed by atoms with Crippen molar-refractivity contribution >= 4 is 5.97 Å². The molecule has 5 nitrogen and oxygen atoms in total. The van der Waals surface area contributed by atoms with Gasteiger partial charge in [-0.2, -0.15) is 0 Å². The fourth-order valence-corrected chi connectivity index (χ4v) is 1.24. The molecule has 1 aromatic rings. The van der Waals surface area contributed by atoms with E-state index in [9.17, 15) is 4.79 Å². The van der Waals surface area contributed by atoms with E-state index in [-0.39, 0.29) is 12.4 Å². The molecule has 1 aromatic heterocycles. The van der Waals surface area contributed by atoms with Gasteiger partial charge in [-0.25, -0.2) is 9.97 Å². The lowest BCUT2D eigenvalue weighted by Gasteiger charge is -2.22. The van der Waals surface area contributed by atoms with Gasteiger partial charge in [0.25, 0.3) is 0 Å². The lowest BCUT2D eigenvalue weighted by Crippen LogP contribution is -2.37. The first-order chi connectivity index (χ1) is 6.95. The van der Waals surface area contributed by atoms with Crippen LogP contribution in [-0.4, -0.2) is 23.0 Å². The van der Waals surface area contributed by atoms with Crippen LogP contribution in [0.5, 0.6) is 0 Å². The molecule has 2 N–H and O–H groups in total. The highest BCUT2D eigenvalue weighted by Crippen LogP contribution is 2.19. The van der Waals surface area contributed by atoms with Crippen LogP contribution in [0.4, 0.5) is 0 Å².